The highest BCUT2D eigenvalue weighted by Gasteiger charge is 2.13. The number of hydrogen-bond acceptors (Lipinski definition) is 4. The summed E-state index contributed by atoms with van der Waals surface area (Å²) in [5, 5.41) is 8.81. The molecule has 0 aliphatic rings. The van der Waals surface area contributed by atoms with Gasteiger partial charge < -0.3 is 14.7 Å². The lowest BCUT2D eigenvalue weighted by atomic mass is 10.2. The van der Waals surface area contributed by atoms with E-state index in [9.17, 15) is 4.79 Å². The van der Waals surface area contributed by atoms with Crippen LogP contribution < -0.4 is 4.74 Å². The molecule has 0 fully saturated rings. The minimum Gasteiger partial charge on any atom is -0.496 e. The fourth-order valence-corrected chi connectivity index (χ4v) is 1.78. The number of hydrogen-bond donors (Lipinski definition) is 1. The molecule has 106 valence electrons. The molecule has 1 aromatic rings. The Bertz CT molecular complexity index is 409. The molecule has 1 rings (SSSR count). The summed E-state index contributed by atoms with van der Waals surface area (Å²) in [6.45, 7) is 1.36. The Kier molecular flexibility index (Phi) is 6.32. The maximum atomic E-state index is 12.0. The summed E-state index contributed by atoms with van der Waals surface area (Å²) >= 11 is 0. The minimum absolute atomic E-state index is 0.0156. The van der Waals surface area contributed by atoms with E-state index in [1.54, 1.807) is 24.0 Å². The number of nitrogens with zero attached hydrogens (tertiary/aromatic N) is 2. The van der Waals surface area contributed by atoms with E-state index in [0.717, 1.165) is 11.3 Å². The van der Waals surface area contributed by atoms with Crippen molar-refractivity contribution in [3.05, 3.63) is 29.8 Å². The Labute approximate surface area is 114 Å². The second kappa shape index (κ2) is 7.76. The number of benzene rings is 1. The zero-order valence-corrected chi connectivity index (χ0v) is 11.8. The van der Waals surface area contributed by atoms with Crippen LogP contribution in [0.1, 0.15) is 5.56 Å². The average Bonchev–Trinajstić information content (AvgIpc) is 2.39. The van der Waals surface area contributed by atoms with E-state index in [1.165, 1.54) is 0 Å². The van der Waals surface area contributed by atoms with Gasteiger partial charge in [0.15, 0.2) is 0 Å². The molecule has 0 bridgehead atoms. The maximum absolute atomic E-state index is 12.0. The monoisotopic (exact) mass is 266 g/mol. The van der Waals surface area contributed by atoms with Crippen molar-refractivity contribution < 1.29 is 14.6 Å². The van der Waals surface area contributed by atoms with Crippen molar-refractivity contribution in [3.8, 4) is 5.75 Å². The number of rotatable bonds is 7. The first-order valence-corrected chi connectivity index (χ1v) is 6.23. The summed E-state index contributed by atoms with van der Waals surface area (Å²) in [6.07, 6.45) is 0. The van der Waals surface area contributed by atoms with Crippen molar-refractivity contribution in [2.75, 3.05) is 40.9 Å². The molecular weight excluding hydrogens is 244 g/mol. The molecule has 0 unspecified atom stereocenters. The predicted molar refractivity (Wildman–Crippen MR) is 74.1 cm³/mol. The van der Waals surface area contributed by atoms with Crippen molar-refractivity contribution in [1.82, 2.24) is 9.80 Å². The summed E-state index contributed by atoms with van der Waals surface area (Å²) < 4.78 is 5.26. The van der Waals surface area contributed by atoms with Crippen LogP contribution >= 0.6 is 0 Å². The van der Waals surface area contributed by atoms with Gasteiger partial charge in [0.1, 0.15) is 5.75 Å². The van der Waals surface area contributed by atoms with Crippen LogP contribution in [0.4, 0.5) is 0 Å². The highest BCUT2D eigenvalue weighted by atomic mass is 16.5. The molecule has 5 heteroatoms. The van der Waals surface area contributed by atoms with E-state index in [-0.39, 0.29) is 12.5 Å². The molecule has 1 N–H and O–H groups in total. The molecule has 1 amide bonds. The van der Waals surface area contributed by atoms with Crippen molar-refractivity contribution in [2.24, 2.45) is 0 Å². The van der Waals surface area contributed by atoms with Crippen LogP contribution in [-0.2, 0) is 11.3 Å². The fraction of sp³-hybridized carbons (Fsp3) is 0.500. The largest absolute Gasteiger partial charge is 0.496 e. The van der Waals surface area contributed by atoms with Gasteiger partial charge >= 0.3 is 0 Å². The number of amides is 1. The maximum Gasteiger partial charge on any atom is 0.236 e. The number of likely N-dealkylation sites (N-methyl/N-ethyl adjacent to an activating group) is 2. The van der Waals surface area contributed by atoms with Gasteiger partial charge in [0.05, 0.1) is 20.3 Å². The summed E-state index contributed by atoms with van der Waals surface area (Å²) in [6, 6.07) is 7.65. The van der Waals surface area contributed by atoms with Gasteiger partial charge in [-0.1, -0.05) is 18.2 Å². The summed E-state index contributed by atoms with van der Waals surface area (Å²) in [7, 11) is 5.20. The quantitative estimate of drug-likeness (QED) is 0.784. The Morgan fingerprint density at radius 3 is 2.63 bits per heavy atom. The molecule has 0 heterocycles. The number of aliphatic hydroxyl groups excluding tert-OH is 1. The third-order valence-electron chi connectivity index (χ3n) is 2.91. The number of carbonyl (C=O) groups is 1. The summed E-state index contributed by atoms with van der Waals surface area (Å²) in [5.41, 5.74) is 0.977. The van der Waals surface area contributed by atoms with Gasteiger partial charge in [-0.15, -0.1) is 0 Å². The third kappa shape index (κ3) is 4.89. The van der Waals surface area contributed by atoms with Crippen LogP contribution in [0, 0.1) is 0 Å². The van der Waals surface area contributed by atoms with Crippen molar-refractivity contribution in [1.29, 1.82) is 0 Å². The summed E-state index contributed by atoms with van der Waals surface area (Å²) in [5.74, 6) is 0.799. The second-order valence-corrected chi connectivity index (χ2v) is 4.52. The minimum atomic E-state index is 0.0156. The average molecular weight is 266 g/mol. The molecule has 0 atom stereocenters. The molecule has 0 radical (unpaired) electrons. The van der Waals surface area contributed by atoms with E-state index < -0.39 is 0 Å². The topological polar surface area (TPSA) is 53.0 Å². The number of aliphatic hydroxyl groups is 1. The highest BCUT2D eigenvalue weighted by molar-refractivity contribution is 5.78. The molecule has 0 spiro atoms. The van der Waals surface area contributed by atoms with Crippen LogP contribution in [0.3, 0.4) is 0 Å². The molecule has 0 saturated heterocycles. The number of carbonyl (C=O) groups excluding carboxylic acids is 1. The molecule has 1 aromatic carbocycles. The van der Waals surface area contributed by atoms with Crippen molar-refractivity contribution >= 4 is 5.91 Å². The van der Waals surface area contributed by atoms with Crippen LogP contribution in [0.5, 0.6) is 5.75 Å². The number of methoxy groups -OCH3 is 1. The van der Waals surface area contributed by atoms with Crippen LogP contribution in [0.2, 0.25) is 0 Å². The Hall–Kier alpha value is -1.59. The normalized spacial score (nSPS) is 10.6. The highest BCUT2D eigenvalue weighted by Crippen LogP contribution is 2.18. The lowest BCUT2D eigenvalue weighted by Crippen LogP contribution is -2.37. The van der Waals surface area contributed by atoms with Gasteiger partial charge in [-0.3, -0.25) is 9.69 Å². The Morgan fingerprint density at radius 2 is 2.00 bits per heavy atom. The number of para-hydroxylation sites is 1. The van der Waals surface area contributed by atoms with Crippen molar-refractivity contribution in [3.63, 3.8) is 0 Å². The lowest BCUT2D eigenvalue weighted by molar-refractivity contribution is -0.131. The smallest absolute Gasteiger partial charge is 0.236 e. The molecule has 0 aromatic heterocycles. The lowest BCUT2D eigenvalue weighted by Gasteiger charge is -2.22. The van der Waals surface area contributed by atoms with Gasteiger partial charge in [-0.2, -0.15) is 0 Å². The van der Waals surface area contributed by atoms with Gasteiger partial charge in [0.25, 0.3) is 0 Å². The zero-order chi connectivity index (χ0) is 14.3. The molecule has 5 nitrogen and oxygen atoms in total. The van der Waals surface area contributed by atoms with E-state index in [2.05, 4.69) is 0 Å². The third-order valence-corrected chi connectivity index (χ3v) is 2.91. The first-order valence-electron chi connectivity index (χ1n) is 6.23. The van der Waals surface area contributed by atoms with E-state index in [1.807, 2.05) is 31.3 Å². The molecule has 19 heavy (non-hydrogen) atoms. The van der Waals surface area contributed by atoms with Gasteiger partial charge in [-0.05, 0) is 13.1 Å². The fourth-order valence-electron chi connectivity index (χ4n) is 1.78. The second-order valence-electron chi connectivity index (χ2n) is 4.52. The predicted octanol–water partition coefficient (Wildman–Crippen LogP) is 0.578. The standard InChI is InChI=1S/C14H22N2O3/c1-15(8-9-17)11-14(18)16(2)10-12-6-4-5-7-13(12)19-3/h4-7,17H,8-11H2,1-3H3. The molecule has 0 saturated carbocycles. The molecule has 0 aliphatic heterocycles. The Morgan fingerprint density at radius 1 is 1.32 bits per heavy atom. The van der Waals surface area contributed by atoms with Crippen LogP contribution in [0.15, 0.2) is 24.3 Å². The van der Waals surface area contributed by atoms with E-state index in [0.29, 0.717) is 19.6 Å². The number of ether oxygens (including phenoxy) is 1. The first-order chi connectivity index (χ1) is 9.08. The molecule has 0 aliphatic carbocycles. The van der Waals surface area contributed by atoms with E-state index in [4.69, 9.17) is 9.84 Å². The van der Waals surface area contributed by atoms with Gasteiger partial charge in [0.2, 0.25) is 5.91 Å². The SMILES string of the molecule is COc1ccccc1CN(C)C(=O)CN(C)CCO. The van der Waals surface area contributed by atoms with Crippen molar-refractivity contribution in [2.45, 2.75) is 6.54 Å². The van der Waals surface area contributed by atoms with Gasteiger partial charge in [-0.25, -0.2) is 0 Å². The zero-order valence-electron chi connectivity index (χ0n) is 11.8. The first kappa shape index (κ1) is 15.5. The van der Waals surface area contributed by atoms with E-state index >= 15 is 0 Å². The molecular formula is C14H22N2O3. The Balaban J connectivity index is 2.58. The van der Waals surface area contributed by atoms with Gasteiger partial charge in [0, 0.05) is 25.7 Å². The summed E-state index contributed by atoms with van der Waals surface area (Å²) in [4.78, 5) is 15.4. The van der Waals surface area contributed by atoms with Crippen LogP contribution in [-0.4, -0.2) is 61.7 Å². The van der Waals surface area contributed by atoms with Crippen LogP contribution in [0.25, 0.3) is 0 Å².